The summed E-state index contributed by atoms with van der Waals surface area (Å²) in [6, 6.07) is 10.9. The summed E-state index contributed by atoms with van der Waals surface area (Å²) in [4.78, 5) is 53.3. The molecule has 4 heterocycles. The van der Waals surface area contributed by atoms with Crippen molar-refractivity contribution in [1.82, 2.24) is 19.7 Å². The van der Waals surface area contributed by atoms with Gasteiger partial charge in [0, 0.05) is 42.3 Å². The first kappa shape index (κ1) is 20.8. The van der Waals surface area contributed by atoms with Crippen molar-refractivity contribution in [3.05, 3.63) is 69.1 Å². The number of aromatic nitrogens is 1. The Hall–Kier alpha value is -3.13. The summed E-state index contributed by atoms with van der Waals surface area (Å²) in [7, 11) is 0. The molecule has 3 aliphatic heterocycles. The second-order valence-corrected chi connectivity index (χ2v) is 9.19. The SMILES string of the molecule is O=C(C[C@@H]1NC(=O)N(Cc2cccc(Cl)c2)C1=O)N1C[C@@H]2C[C@@H](C1)c1cccc(=O)n1C2. The molecule has 0 saturated carbocycles. The predicted molar refractivity (Wildman–Crippen MR) is 117 cm³/mol. The van der Waals surface area contributed by atoms with Gasteiger partial charge in [0.2, 0.25) is 5.91 Å². The number of urea groups is 1. The standard InChI is InChI=1S/C23H23ClN4O4/c24-17-4-1-3-14(8-17)11-28-22(31)18(25-23(28)32)9-21(30)26-10-15-7-16(13-26)19-5-2-6-20(29)27(19)12-15/h1-6,8,15-16,18H,7,9-13H2,(H,25,32)/t15-,16-,18-/m0/s1. The van der Waals surface area contributed by atoms with Gasteiger partial charge in [0.25, 0.3) is 11.5 Å². The van der Waals surface area contributed by atoms with Gasteiger partial charge in [-0.25, -0.2) is 4.79 Å². The van der Waals surface area contributed by atoms with Crippen LogP contribution < -0.4 is 10.9 Å². The summed E-state index contributed by atoms with van der Waals surface area (Å²) >= 11 is 5.99. The first-order valence-corrected chi connectivity index (χ1v) is 11.1. The Labute approximate surface area is 189 Å². The Balaban J connectivity index is 1.25. The summed E-state index contributed by atoms with van der Waals surface area (Å²) in [5.74, 6) is -0.251. The van der Waals surface area contributed by atoms with Crippen LogP contribution in [-0.2, 0) is 22.7 Å². The normalized spacial score (nSPS) is 24.3. The number of fused-ring (bicyclic) bond motifs is 4. The van der Waals surface area contributed by atoms with Crippen molar-refractivity contribution in [2.24, 2.45) is 5.92 Å². The van der Waals surface area contributed by atoms with Crippen LogP contribution in [0.5, 0.6) is 0 Å². The van der Waals surface area contributed by atoms with Crippen LogP contribution in [0.25, 0.3) is 0 Å². The van der Waals surface area contributed by atoms with Crippen molar-refractivity contribution >= 4 is 29.4 Å². The molecule has 2 saturated heterocycles. The van der Waals surface area contributed by atoms with Crippen molar-refractivity contribution in [1.29, 1.82) is 0 Å². The zero-order valence-electron chi connectivity index (χ0n) is 17.4. The van der Waals surface area contributed by atoms with Gasteiger partial charge >= 0.3 is 6.03 Å². The lowest BCUT2D eigenvalue weighted by molar-refractivity contribution is -0.137. The van der Waals surface area contributed by atoms with Crippen molar-refractivity contribution in [2.75, 3.05) is 13.1 Å². The molecule has 166 valence electrons. The average Bonchev–Trinajstić information content (AvgIpc) is 3.02. The maximum absolute atomic E-state index is 13.0. The molecule has 1 aromatic heterocycles. The van der Waals surface area contributed by atoms with Gasteiger partial charge < -0.3 is 14.8 Å². The van der Waals surface area contributed by atoms with Crippen molar-refractivity contribution < 1.29 is 14.4 Å². The van der Waals surface area contributed by atoms with Crippen molar-refractivity contribution in [3.8, 4) is 0 Å². The molecule has 9 heteroatoms. The van der Waals surface area contributed by atoms with Gasteiger partial charge in [-0.1, -0.05) is 29.8 Å². The minimum Gasteiger partial charge on any atom is -0.342 e. The van der Waals surface area contributed by atoms with Crippen LogP contribution in [-0.4, -0.2) is 51.3 Å². The fraction of sp³-hybridized carbons (Fsp3) is 0.391. The van der Waals surface area contributed by atoms with E-state index in [9.17, 15) is 19.2 Å². The van der Waals surface area contributed by atoms with Crippen LogP contribution >= 0.6 is 11.6 Å². The molecule has 0 unspecified atom stereocenters. The molecule has 8 nitrogen and oxygen atoms in total. The number of piperidine rings is 1. The van der Waals surface area contributed by atoms with E-state index in [-0.39, 0.29) is 36.3 Å². The number of carbonyl (C=O) groups is 3. The molecule has 1 N–H and O–H groups in total. The molecule has 4 amide bonds. The first-order valence-electron chi connectivity index (χ1n) is 10.7. The number of hydrogen-bond acceptors (Lipinski definition) is 4. The third kappa shape index (κ3) is 3.79. The van der Waals surface area contributed by atoms with Crippen LogP contribution in [0, 0.1) is 5.92 Å². The fourth-order valence-corrected chi connectivity index (χ4v) is 5.30. The average molecular weight is 455 g/mol. The molecule has 0 aliphatic carbocycles. The van der Waals surface area contributed by atoms with E-state index in [1.165, 1.54) is 0 Å². The topological polar surface area (TPSA) is 91.7 Å². The Bertz CT molecular complexity index is 1160. The number of rotatable bonds is 4. The molecule has 2 aromatic rings. The molecule has 1 aromatic carbocycles. The second kappa shape index (κ2) is 8.09. The Morgan fingerprint density at radius 3 is 2.69 bits per heavy atom. The molecule has 2 bridgehead atoms. The van der Waals surface area contributed by atoms with Gasteiger partial charge in [-0.2, -0.15) is 0 Å². The quantitative estimate of drug-likeness (QED) is 0.715. The van der Waals surface area contributed by atoms with Gasteiger partial charge in [0.1, 0.15) is 6.04 Å². The summed E-state index contributed by atoms with van der Waals surface area (Å²) < 4.78 is 1.81. The maximum atomic E-state index is 13.0. The number of imide groups is 1. The molecular formula is C23H23ClN4O4. The van der Waals surface area contributed by atoms with E-state index < -0.39 is 18.0 Å². The zero-order chi connectivity index (χ0) is 22.4. The van der Waals surface area contributed by atoms with E-state index in [0.717, 1.165) is 22.6 Å². The van der Waals surface area contributed by atoms with Gasteiger partial charge in [0.15, 0.2) is 0 Å². The largest absolute Gasteiger partial charge is 0.342 e. The van der Waals surface area contributed by atoms with Gasteiger partial charge in [-0.15, -0.1) is 0 Å². The van der Waals surface area contributed by atoms with Crippen LogP contribution in [0.2, 0.25) is 5.02 Å². The van der Waals surface area contributed by atoms with E-state index >= 15 is 0 Å². The van der Waals surface area contributed by atoms with E-state index in [4.69, 9.17) is 11.6 Å². The predicted octanol–water partition coefficient (Wildman–Crippen LogP) is 1.96. The number of hydrogen-bond donors (Lipinski definition) is 1. The lowest BCUT2D eigenvalue weighted by Gasteiger charge is -2.43. The van der Waals surface area contributed by atoms with Gasteiger partial charge in [-0.05, 0) is 36.1 Å². The number of halogens is 1. The number of carbonyl (C=O) groups excluding carboxylic acids is 3. The number of nitrogens with one attached hydrogen (secondary N) is 1. The highest BCUT2D eigenvalue weighted by Crippen LogP contribution is 2.35. The highest BCUT2D eigenvalue weighted by atomic mass is 35.5. The highest BCUT2D eigenvalue weighted by molar-refractivity contribution is 6.30. The summed E-state index contributed by atoms with van der Waals surface area (Å²) in [5, 5.41) is 3.17. The second-order valence-electron chi connectivity index (χ2n) is 8.76. The smallest absolute Gasteiger partial charge is 0.325 e. The van der Waals surface area contributed by atoms with Crippen LogP contribution in [0.4, 0.5) is 4.79 Å². The Morgan fingerprint density at radius 1 is 1.06 bits per heavy atom. The van der Waals surface area contributed by atoms with Crippen molar-refractivity contribution in [3.63, 3.8) is 0 Å². The minimum absolute atomic E-state index is 0.00367. The first-order chi connectivity index (χ1) is 15.4. The van der Waals surface area contributed by atoms with Gasteiger partial charge in [-0.3, -0.25) is 19.3 Å². The molecular weight excluding hydrogens is 432 g/mol. The lowest BCUT2D eigenvalue weighted by atomic mass is 9.83. The van der Waals surface area contributed by atoms with Crippen LogP contribution in [0.1, 0.15) is 30.0 Å². The Morgan fingerprint density at radius 2 is 1.88 bits per heavy atom. The number of benzene rings is 1. The van der Waals surface area contributed by atoms with Gasteiger partial charge in [0.05, 0.1) is 13.0 Å². The molecule has 3 aliphatic rings. The molecule has 0 radical (unpaired) electrons. The highest BCUT2D eigenvalue weighted by Gasteiger charge is 2.41. The maximum Gasteiger partial charge on any atom is 0.325 e. The number of nitrogens with zero attached hydrogens (tertiary/aromatic N) is 3. The molecule has 5 rings (SSSR count). The van der Waals surface area contributed by atoms with E-state index in [2.05, 4.69) is 5.32 Å². The lowest BCUT2D eigenvalue weighted by Crippen LogP contribution is -2.50. The monoisotopic (exact) mass is 454 g/mol. The third-order valence-corrected chi connectivity index (χ3v) is 6.78. The third-order valence-electron chi connectivity index (χ3n) is 6.55. The number of pyridine rings is 1. The summed E-state index contributed by atoms with van der Waals surface area (Å²) in [6.07, 6.45) is 0.872. The van der Waals surface area contributed by atoms with E-state index in [0.29, 0.717) is 24.7 Å². The summed E-state index contributed by atoms with van der Waals surface area (Å²) in [5.41, 5.74) is 1.70. The van der Waals surface area contributed by atoms with Crippen molar-refractivity contribution in [2.45, 2.75) is 37.9 Å². The number of amides is 4. The molecule has 3 atom stereocenters. The Kier molecular flexibility index (Phi) is 5.25. The van der Waals surface area contributed by atoms with Crippen LogP contribution in [0.15, 0.2) is 47.3 Å². The molecule has 32 heavy (non-hydrogen) atoms. The molecule has 0 spiro atoms. The number of likely N-dealkylation sites (tertiary alicyclic amines) is 1. The fourth-order valence-electron chi connectivity index (χ4n) is 5.09. The van der Waals surface area contributed by atoms with Crippen LogP contribution in [0.3, 0.4) is 0 Å². The van der Waals surface area contributed by atoms with E-state index in [1.54, 1.807) is 41.3 Å². The minimum atomic E-state index is -0.870. The summed E-state index contributed by atoms with van der Waals surface area (Å²) in [6.45, 7) is 1.77. The molecule has 2 fully saturated rings. The zero-order valence-corrected chi connectivity index (χ0v) is 18.1. The van der Waals surface area contributed by atoms with E-state index in [1.807, 2.05) is 10.6 Å².